The number of nitrogens with two attached hydrogens (primary N) is 1. The van der Waals surface area contributed by atoms with Crippen LogP contribution in [0.5, 0.6) is 0 Å². The predicted octanol–water partition coefficient (Wildman–Crippen LogP) is 3.01. The highest BCUT2D eigenvalue weighted by atomic mass is 15.3. The van der Waals surface area contributed by atoms with Crippen molar-refractivity contribution in [1.82, 2.24) is 5.43 Å². The molecule has 0 aromatic rings. The lowest BCUT2D eigenvalue weighted by Gasteiger charge is -2.18. The Morgan fingerprint density at radius 1 is 1.38 bits per heavy atom. The molecule has 94 valence electrons. The summed E-state index contributed by atoms with van der Waals surface area (Å²) in [7, 11) is 0. The highest BCUT2D eigenvalue weighted by molar-refractivity contribution is 5.84. The van der Waals surface area contributed by atoms with E-state index in [0.29, 0.717) is 12.0 Å². The molecule has 0 heterocycles. The lowest BCUT2D eigenvalue weighted by molar-refractivity contribution is 0.545. The number of unbranched alkanes of at least 4 members (excludes halogenated alkanes) is 1. The molecule has 16 heavy (non-hydrogen) atoms. The van der Waals surface area contributed by atoms with Gasteiger partial charge in [-0.1, -0.05) is 39.5 Å². The molecular formula is C13H27N3. The molecule has 3 heteroatoms. The van der Waals surface area contributed by atoms with Gasteiger partial charge in [0.25, 0.3) is 0 Å². The van der Waals surface area contributed by atoms with Crippen molar-refractivity contribution < 1.29 is 0 Å². The molecule has 1 aliphatic rings. The number of hydrogen-bond donors (Lipinski definition) is 2. The van der Waals surface area contributed by atoms with Gasteiger partial charge in [0, 0.05) is 5.92 Å². The lowest BCUT2D eigenvalue weighted by Crippen LogP contribution is -2.37. The minimum atomic E-state index is 0.529. The van der Waals surface area contributed by atoms with Gasteiger partial charge in [0.05, 0.1) is 6.04 Å². The Hall–Kier alpha value is -0.570. The van der Waals surface area contributed by atoms with Gasteiger partial charge in [-0.15, -0.1) is 0 Å². The van der Waals surface area contributed by atoms with Crippen LogP contribution in [0.15, 0.2) is 4.99 Å². The van der Waals surface area contributed by atoms with Gasteiger partial charge in [0.2, 0.25) is 0 Å². The molecule has 0 aromatic carbocycles. The summed E-state index contributed by atoms with van der Waals surface area (Å²) >= 11 is 0. The molecule has 0 spiro atoms. The second-order valence-electron chi connectivity index (χ2n) is 4.84. The van der Waals surface area contributed by atoms with Gasteiger partial charge in [-0.05, 0) is 25.7 Å². The molecule has 0 amide bonds. The monoisotopic (exact) mass is 225 g/mol. The lowest BCUT2D eigenvalue weighted by atomic mass is 9.98. The highest BCUT2D eigenvalue weighted by Crippen LogP contribution is 2.22. The second kappa shape index (κ2) is 7.66. The van der Waals surface area contributed by atoms with E-state index in [1.165, 1.54) is 44.9 Å². The summed E-state index contributed by atoms with van der Waals surface area (Å²) in [6, 6.07) is 0.529. The van der Waals surface area contributed by atoms with Crippen LogP contribution in [-0.2, 0) is 0 Å². The van der Waals surface area contributed by atoms with E-state index in [0.717, 1.165) is 12.3 Å². The summed E-state index contributed by atoms with van der Waals surface area (Å²) in [5, 5.41) is 0. The number of amidine groups is 1. The minimum absolute atomic E-state index is 0.529. The Morgan fingerprint density at radius 3 is 2.56 bits per heavy atom. The van der Waals surface area contributed by atoms with E-state index >= 15 is 0 Å². The molecule has 0 saturated heterocycles. The zero-order valence-corrected chi connectivity index (χ0v) is 10.8. The first kappa shape index (κ1) is 13.5. The molecular weight excluding hydrogens is 198 g/mol. The third-order valence-electron chi connectivity index (χ3n) is 3.58. The number of hydrazine groups is 1. The van der Waals surface area contributed by atoms with Gasteiger partial charge in [-0.2, -0.15) is 0 Å². The van der Waals surface area contributed by atoms with Crippen LogP contribution in [0.4, 0.5) is 0 Å². The minimum Gasteiger partial charge on any atom is -0.312 e. The topological polar surface area (TPSA) is 50.4 Å². The normalized spacial score (nSPS) is 20.1. The van der Waals surface area contributed by atoms with Gasteiger partial charge in [0.1, 0.15) is 5.84 Å². The van der Waals surface area contributed by atoms with Gasteiger partial charge in [-0.25, -0.2) is 5.84 Å². The van der Waals surface area contributed by atoms with Crippen LogP contribution in [0.3, 0.4) is 0 Å². The molecule has 1 aliphatic carbocycles. The molecule has 3 N–H and O–H groups in total. The first-order valence-electron chi connectivity index (χ1n) is 6.86. The Labute approximate surface area is 99.9 Å². The number of rotatable bonds is 6. The third kappa shape index (κ3) is 4.12. The Kier molecular flexibility index (Phi) is 6.46. The maximum Gasteiger partial charge on any atom is 0.114 e. The van der Waals surface area contributed by atoms with Gasteiger partial charge < -0.3 is 5.43 Å². The van der Waals surface area contributed by atoms with E-state index in [4.69, 9.17) is 10.8 Å². The molecule has 0 aromatic heterocycles. The van der Waals surface area contributed by atoms with Crippen LogP contribution in [-0.4, -0.2) is 11.9 Å². The second-order valence-corrected chi connectivity index (χ2v) is 4.84. The van der Waals surface area contributed by atoms with Crippen LogP contribution in [0.1, 0.15) is 65.2 Å². The van der Waals surface area contributed by atoms with Crippen LogP contribution >= 0.6 is 0 Å². The summed E-state index contributed by atoms with van der Waals surface area (Å²) in [5.74, 6) is 7.20. The first-order chi connectivity index (χ1) is 7.81. The average molecular weight is 225 g/mol. The molecule has 1 fully saturated rings. The fourth-order valence-electron chi connectivity index (χ4n) is 2.48. The number of nitrogens with one attached hydrogen (secondary N) is 1. The molecule has 1 atom stereocenters. The maximum absolute atomic E-state index is 5.62. The summed E-state index contributed by atoms with van der Waals surface area (Å²) in [6.07, 6.45) is 10.0. The van der Waals surface area contributed by atoms with E-state index in [1.54, 1.807) is 0 Å². The number of hydrogen-bond acceptors (Lipinski definition) is 2. The summed E-state index contributed by atoms with van der Waals surface area (Å²) in [6.45, 7) is 4.46. The van der Waals surface area contributed by atoms with Crippen molar-refractivity contribution in [3.05, 3.63) is 0 Å². The zero-order chi connectivity index (χ0) is 11.8. The van der Waals surface area contributed by atoms with E-state index in [2.05, 4.69) is 19.3 Å². The van der Waals surface area contributed by atoms with Crippen molar-refractivity contribution in [3.63, 3.8) is 0 Å². The molecule has 1 unspecified atom stereocenters. The summed E-state index contributed by atoms with van der Waals surface area (Å²) < 4.78 is 0. The number of aliphatic imine (C=N–C) groups is 1. The van der Waals surface area contributed by atoms with Crippen molar-refractivity contribution in [2.75, 3.05) is 0 Å². The van der Waals surface area contributed by atoms with E-state index in [-0.39, 0.29) is 0 Å². The van der Waals surface area contributed by atoms with E-state index < -0.39 is 0 Å². The van der Waals surface area contributed by atoms with Gasteiger partial charge in [-0.3, -0.25) is 4.99 Å². The van der Waals surface area contributed by atoms with Crippen molar-refractivity contribution in [2.24, 2.45) is 16.8 Å². The predicted molar refractivity (Wildman–Crippen MR) is 70.3 cm³/mol. The molecule has 1 rings (SSSR count). The Bertz CT molecular complexity index is 207. The van der Waals surface area contributed by atoms with E-state index in [1.807, 2.05) is 0 Å². The summed E-state index contributed by atoms with van der Waals surface area (Å²) in [5.41, 5.74) is 2.84. The van der Waals surface area contributed by atoms with Crippen molar-refractivity contribution in [2.45, 2.75) is 71.3 Å². The van der Waals surface area contributed by atoms with Crippen molar-refractivity contribution in [1.29, 1.82) is 0 Å². The Morgan fingerprint density at radius 2 is 2.06 bits per heavy atom. The largest absolute Gasteiger partial charge is 0.312 e. The first-order valence-corrected chi connectivity index (χ1v) is 6.86. The zero-order valence-electron chi connectivity index (χ0n) is 10.8. The molecule has 0 bridgehead atoms. The average Bonchev–Trinajstić information content (AvgIpc) is 2.81. The smallest absolute Gasteiger partial charge is 0.114 e. The number of nitrogens with zero attached hydrogens (tertiary/aromatic N) is 1. The molecule has 3 nitrogen and oxygen atoms in total. The molecule has 0 radical (unpaired) electrons. The van der Waals surface area contributed by atoms with Crippen molar-refractivity contribution >= 4 is 5.84 Å². The molecule has 0 aliphatic heterocycles. The van der Waals surface area contributed by atoms with Crippen LogP contribution in [0.25, 0.3) is 0 Å². The van der Waals surface area contributed by atoms with Gasteiger partial charge in [0.15, 0.2) is 0 Å². The third-order valence-corrected chi connectivity index (χ3v) is 3.58. The van der Waals surface area contributed by atoms with E-state index in [9.17, 15) is 0 Å². The fourth-order valence-corrected chi connectivity index (χ4v) is 2.48. The molecule has 1 saturated carbocycles. The fraction of sp³-hybridized carbons (Fsp3) is 0.923. The summed E-state index contributed by atoms with van der Waals surface area (Å²) in [4.78, 5) is 4.80. The highest BCUT2D eigenvalue weighted by Gasteiger charge is 2.18. The Balaban J connectivity index is 2.54. The standard InChI is InChI=1S/C13H27N3/c1-3-5-8-11(4-2)13(16-14)15-12-9-6-7-10-12/h11-12H,3-10,14H2,1-2H3,(H,15,16). The van der Waals surface area contributed by atoms with Crippen LogP contribution in [0.2, 0.25) is 0 Å². The SMILES string of the molecule is CCCCC(CC)C(=NC1CCCC1)NN. The van der Waals surface area contributed by atoms with Gasteiger partial charge >= 0.3 is 0 Å². The van der Waals surface area contributed by atoms with Crippen LogP contribution < -0.4 is 11.3 Å². The van der Waals surface area contributed by atoms with Crippen molar-refractivity contribution in [3.8, 4) is 0 Å². The maximum atomic E-state index is 5.62. The quantitative estimate of drug-likeness (QED) is 0.316. The van der Waals surface area contributed by atoms with Crippen LogP contribution in [0, 0.1) is 5.92 Å².